The van der Waals surface area contributed by atoms with Crippen molar-refractivity contribution in [1.29, 1.82) is 0 Å². The minimum atomic E-state index is -5.81. The lowest BCUT2D eigenvalue weighted by Gasteiger charge is -2.37. The number of benzene rings is 2. The molecule has 1 fully saturated rings. The summed E-state index contributed by atoms with van der Waals surface area (Å²) in [5, 5.41) is 24.0. The summed E-state index contributed by atoms with van der Waals surface area (Å²) in [6.45, 7) is 5.95. The molecule has 4 aromatic rings. The van der Waals surface area contributed by atoms with E-state index in [1.807, 2.05) is 39.0 Å². The molecular formula is C46H62N8O20P3S2+. The Kier molecular flexibility index (Phi) is 17.8. The highest BCUT2D eigenvalue weighted by Crippen LogP contribution is 2.68. The van der Waals surface area contributed by atoms with Gasteiger partial charge in [0.2, 0.25) is 11.6 Å². The predicted octanol–water partition coefficient (Wildman–Crippen LogP) is 4.82. The molecule has 5 unspecified atom stereocenters. The number of likely N-dealkylation sites (N-methyl/N-ethyl adjacent to an activating group) is 1. The number of aliphatic hydroxyl groups is 2. The molecule has 432 valence electrons. The van der Waals surface area contributed by atoms with Crippen LogP contribution in [-0.4, -0.2) is 138 Å². The maximum atomic E-state index is 12.8. The molecule has 5 heterocycles. The molecule has 10 N–H and O–H groups in total. The van der Waals surface area contributed by atoms with E-state index in [1.165, 1.54) is 35.2 Å². The lowest BCUT2D eigenvalue weighted by atomic mass is 9.64. The molecule has 28 nitrogen and oxygen atoms in total. The number of fused-ring (bicyclic) bond motifs is 7. The number of nitrogens with two attached hydrogens (primary N) is 1. The van der Waals surface area contributed by atoms with Crippen LogP contribution < -0.4 is 16.0 Å². The van der Waals surface area contributed by atoms with Crippen LogP contribution in [0.15, 0.2) is 82.8 Å². The van der Waals surface area contributed by atoms with Crippen LogP contribution in [0.4, 0.5) is 17.2 Å². The Labute approximate surface area is 454 Å². The van der Waals surface area contributed by atoms with Crippen molar-refractivity contribution in [3.05, 3.63) is 84.1 Å². The van der Waals surface area contributed by atoms with Crippen molar-refractivity contribution in [3.8, 4) is 0 Å². The highest BCUT2D eigenvalue weighted by molar-refractivity contribution is 7.86. The Morgan fingerprint density at radius 2 is 1.51 bits per heavy atom. The van der Waals surface area contributed by atoms with Crippen molar-refractivity contribution >= 4 is 83.7 Å². The van der Waals surface area contributed by atoms with Gasteiger partial charge in [-0.1, -0.05) is 18.9 Å². The van der Waals surface area contributed by atoms with Gasteiger partial charge < -0.3 is 45.6 Å². The van der Waals surface area contributed by atoms with Crippen LogP contribution in [0.2, 0.25) is 0 Å². The number of nitrogens with zero attached hydrogens (tertiary/aromatic N) is 6. The third kappa shape index (κ3) is 13.2. The second-order valence-corrected chi connectivity index (χ2v) is 27.2. The van der Waals surface area contributed by atoms with Crippen LogP contribution in [-0.2, 0) is 72.0 Å². The van der Waals surface area contributed by atoms with Gasteiger partial charge in [-0.2, -0.15) is 30.0 Å². The number of ether oxygens (including phenoxy) is 1. The Morgan fingerprint density at radius 3 is 2.20 bits per heavy atom. The molecule has 1 saturated heterocycles. The molecule has 1 aliphatic carbocycles. The predicted molar refractivity (Wildman–Crippen MR) is 281 cm³/mol. The third-order valence-corrected chi connectivity index (χ3v) is 20.3. The van der Waals surface area contributed by atoms with Crippen molar-refractivity contribution in [2.24, 2.45) is 0 Å². The topological polar surface area (TPSA) is 412 Å². The summed E-state index contributed by atoms with van der Waals surface area (Å²) in [5.74, 6) is -0.150. The maximum Gasteiger partial charge on any atom is 0.490 e. The molecule has 2 aromatic heterocycles. The smallest absolute Gasteiger partial charge is 0.387 e. The summed E-state index contributed by atoms with van der Waals surface area (Å²) < 4.78 is 134. The first-order valence-electron chi connectivity index (χ1n) is 25.0. The Bertz CT molecular complexity index is 3490. The van der Waals surface area contributed by atoms with Crippen LogP contribution in [0.1, 0.15) is 95.9 Å². The van der Waals surface area contributed by atoms with E-state index in [4.69, 9.17) is 15.0 Å². The number of aromatic nitrogens is 4. The molecule has 8 rings (SSSR count). The SMILES string of the molecule is CCN1C2=CC=CC3=[N+](CCCCCC(=O)NCCCCCCOP(=O)(O)OP(=O)(O)OP(=O)(O)OC[C@H]4O[C@@H](n5cnc6c(N)ncnc65)[C@H](O)[C@@H]4O)c4ccc(S(=O)(=O)O)cc4C3(C)CC2(C)c2cc(S(=O)(=O)O)ccc21. The summed E-state index contributed by atoms with van der Waals surface area (Å²) in [6, 6.07) is 9.04. The second-order valence-electron chi connectivity index (χ2n) is 19.7. The van der Waals surface area contributed by atoms with Gasteiger partial charge in [0, 0.05) is 60.4 Å². The number of hydrogen-bond acceptors (Lipinski definition) is 20. The first kappa shape index (κ1) is 60.4. The molecule has 4 aliphatic rings. The lowest BCUT2D eigenvalue weighted by molar-refractivity contribution is -0.438. The van der Waals surface area contributed by atoms with Gasteiger partial charge in [-0.15, -0.1) is 0 Å². The van der Waals surface area contributed by atoms with Crippen LogP contribution in [0, 0.1) is 0 Å². The van der Waals surface area contributed by atoms with Gasteiger partial charge in [0.15, 0.2) is 23.4 Å². The van der Waals surface area contributed by atoms with Gasteiger partial charge in [0.25, 0.3) is 20.2 Å². The Hall–Kier alpha value is -4.68. The normalized spacial score (nSPS) is 25.1. The molecule has 0 spiro atoms. The molecule has 2 aromatic carbocycles. The number of nitrogen functional groups attached to an aromatic ring is 1. The summed E-state index contributed by atoms with van der Waals surface area (Å²) in [7, 11) is -25.8. The number of rotatable bonds is 25. The fourth-order valence-electron chi connectivity index (χ4n) is 10.7. The number of anilines is 2. The highest BCUT2D eigenvalue weighted by Gasteiger charge is 2.56. The van der Waals surface area contributed by atoms with Crippen LogP contribution in [0.25, 0.3) is 11.2 Å². The molecule has 1 amide bonds. The largest absolute Gasteiger partial charge is 0.490 e. The van der Waals surface area contributed by atoms with Crippen molar-refractivity contribution in [2.75, 3.05) is 43.5 Å². The zero-order valence-corrected chi connectivity index (χ0v) is 47.2. The molecule has 0 radical (unpaired) electrons. The standard InChI is InChI=1S/C46H61N8O20P3S2/c1-4-52-33-18-16-29(78(64,65)66)23-31(33)45(2)26-46(3)32-24-30(79(67,68)69)17-19-34(32)53(37(46)14-12-13-36(45)52)21-10-7-8-15-38(55)48-20-9-5-6-11-22-70-75(58,59)73-77(62,63)74-76(60,61)71-25-35-40(56)41(57)44(72-35)54-28-51-39-42(47)49-27-50-43(39)54/h12-14,16-19,23-24,27-28,35,40-41,44,56-57H,4-11,15,20-22,25-26H2,1-3H3,(H7-,47,48,49,50,55,58,59,60,61,62,63,64,65,66,67,68,69)/p+1/t35-,40-,41-,44-,45?,46?/m1/s1. The number of allylic oxidation sites excluding steroid dienone is 4. The second kappa shape index (κ2) is 23.3. The van der Waals surface area contributed by atoms with E-state index in [0.29, 0.717) is 75.7 Å². The number of hydrogen-bond donors (Lipinski definition) is 9. The number of nitrogens with one attached hydrogen (secondary N) is 1. The minimum Gasteiger partial charge on any atom is -0.387 e. The van der Waals surface area contributed by atoms with E-state index in [-0.39, 0.29) is 45.5 Å². The number of phosphoric ester groups is 2. The minimum absolute atomic E-state index is 0.0224. The monoisotopic (exact) mass is 1200 g/mol. The number of carbonyl (C=O) groups is 1. The average Bonchev–Trinajstić information content (AvgIpc) is 3.38. The summed E-state index contributed by atoms with van der Waals surface area (Å²) >= 11 is 0. The fourth-order valence-corrected chi connectivity index (χ4v) is 15.3. The van der Waals surface area contributed by atoms with Crippen LogP contribution >= 0.6 is 23.5 Å². The number of phosphoric acid groups is 3. The summed E-state index contributed by atoms with van der Waals surface area (Å²) in [6.07, 6.45) is 6.15. The first-order chi connectivity index (χ1) is 37.0. The highest BCUT2D eigenvalue weighted by atomic mass is 32.2. The van der Waals surface area contributed by atoms with E-state index < -0.39 is 92.3 Å². The van der Waals surface area contributed by atoms with Gasteiger partial charge in [0.1, 0.15) is 36.7 Å². The first-order valence-corrected chi connectivity index (χ1v) is 32.3. The fraction of sp³-hybridized carbons (Fsp3) is 0.500. The van der Waals surface area contributed by atoms with Gasteiger partial charge in [-0.05, 0) is 94.8 Å². The van der Waals surface area contributed by atoms with Crippen molar-refractivity contribution in [1.82, 2.24) is 24.8 Å². The molecule has 79 heavy (non-hydrogen) atoms. The number of aliphatic hydroxyl groups excluding tert-OH is 2. The Morgan fingerprint density at radius 1 is 0.848 bits per heavy atom. The number of imidazole rings is 1. The van der Waals surface area contributed by atoms with Crippen LogP contribution in [0.5, 0.6) is 0 Å². The molecule has 3 aliphatic heterocycles. The van der Waals surface area contributed by atoms with Crippen molar-refractivity contribution in [3.63, 3.8) is 0 Å². The number of unbranched alkanes of at least 4 members (excludes halogenated alkanes) is 5. The maximum absolute atomic E-state index is 12.8. The lowest BCUT2D eigenvalue weighted by Crippen LogP contribution is -2.41. The van der Waals surface area contributed by atoms with Crippen molar-refractivity contribution in [2.45, 2.75) is 124 Å². The zero-order valence-electron chi connectivity index (χ0n) is 42.9. The third-order valence-electron chi connectivity index (χ3n) is 14.3. The van der Waals surface area contributed by atoms with Gasteiger partial charge in [-0.3, -0.25) is 27.5 Å². The van der Waals surface area contributed by atoms with Crippen LogP contribution in [0.3, 0.4) is 0 Å². The summed E-state index contributed by atoms with van der Waals surface area (Å²) in [5.41, 5.74) is 9.01. The quantitative estimate of drug-likeness (QED) is 0.0186. The van der Waals surface area contributed by atoms with E-state index in [9.17, 15) is 69.3 Å². The van der Waals surface area contributed by atoms with E-state index >= 15 is 0 Å². The van der Waals surface area contributed by atoms with Gasteiger partial charge in [0.05, 0.1) is 34.7 Å². The van der Waals surface area contributed by atoms with Gasteiger partial charge in [-0.25, -0.2) is 28.6 Å². The molecule has 0 bridgehead atoms. The average molecular weight is 1200 g/mol. The van der Waals surface area contributed by atoms with E-state index in [1.54, 1.807) is 12.1 Å². The summed E-state index contributed by atoms with van der Waals surface area (Å²) in [4.78, 5) is 56.3. The van der Waals surface area contributed by atoms with Gasteiger partial charge >= 0.3 is 23.5 Å². The Balaban J connectivity index is 0.756. The number of carbonyl (C=O) groups excluding carboxylic acids is 1. The molecule has 9 atom stereocenters. The zero-order chi connectivity index (χ0) is 57.5. The van der Waals surface area contributed by atoms with Crippen molar-refractivity contribution < 1.29 is 96.3 Å². The molecular weight excluding hydrogens is 1140 g/mol. The molecule has 0 saturated carbocycles. The van der Waals surface area contributed by atoms with E-state index in [2.05, 4.69) is 42.9 Å². The van der Waals surface area contributed by atoms with E-state index in [0.717, 1.165) is 29.1 Å². The number of amides is 1. The molecule has 33 heteroatoms.